The summed E-state index contributed by atoms with van der Waals surface area (Å²) in [6.45, 7) is 0.363. The Morgan fingerprint density at radius 1 is 1.35 bits per heavy atom. The van der Waals surface area contributed by atoms with Crippen LogP contribution in [-0.2, 0) is 6.61 Å². The van der Waals surface area contributed by atoms with Gasteiger partial charge >= 0.3 is 0 Å². The first kappa shape index (κ1) is 14.3. The number of nitrogen functional groups attached to an aromatic ring is 1. The Labute approximate surface area is 125 Å². The van der Waals surface area contributed by atoms with Crippen molar-refractivity contribution in [3.63, 3.8) is 0 Å². The number of pyridine rings is 1. The first-order chi connectivity index (χ1) is 9.60. The summed E-state index contributed by atoms with van der Waals surface area (Å²) in [5.74, 6) is 1.21. The first-order valence-electron chi connectivity index (χ1n) is 5.85. The maximum atomic E-state index is 7.54. The summed E-state index contributed by atoms with van der Waals surface area (Å²) in [4.78, 5) is 4.02. The summed E-state index contributed by atoms with van der Waals surface area (Å²) in [5.41, 5.74) is 6.99. The van der Waals surface area contributed by atoms with Gasteiger partial charge < -0.3 is 15.2 Å². The zero-order valence-corrected chi connectivity index (χ0v) is 12.5. The molecule has 0 atom stereocenters. The van der Waals surface area contributed by atoms with Crippen LogP contribution in [0.5, 0.6) is 11.5 Å². The summed E-state index contributed by atoms with van der Waals surface area (Å²) >= 11 is 3.33. The molecular formula is C14H14BrN3O2. The molecule has 0 unspecified atom stereocenters. The van der Waals surface area contributed by atoms with Gasteiger partial charge in [0.1, 0.15) is 23.9 Å². The number of hydrogen-bond acceptors (Lipinski definition) is 4. The second-order valence-electron chi connectivity index (χ2n) is 4.08. The van der Waals surface area contributed by atoms with Crippen molar-refractivity contribution in [2.24, 2.45) is 5.73 Å². The van der Waals surface area contributed by atoms with Gasteiger partial charge in [-0.3, -0.25) is 10.4 Å². The van der Waals surface area contributed by atoms with E-state index in [0.717, 1.165) is 10.0 Å². The minimum Gasteiger partial charge on any atom is -0.496 e. The van der Waals surface area contributed by atoms with Crippen LogP contribution < -0.4 is 15.2 Å². The monoisotopic (exact) mass is 335 g/mol. The highest BCUT2D eigenvalue weighted by Gasteiger charge is 2.07. The zero-order chi connectivity index (χ0) is 14.5. The second-order valence-corrected chi connectivity index (χ2v) is 4.99. The number of nitrogens with one attached hydrogen (secondary N) is 1. The predicted octanol–water partition coefficient (Wildman–Crippen LogP) is 2.72. The van der Waals surface area contributed by atoms with Gasteiger partial charge in [-0.2, -0.15) is 0 Å². The number of ether oxygens (including phenoxy) is 2. The van der Waals surface area contributed by atoms with E-state index in [1.807, 2.05) is 12.1 Å². The molecule has 0 aliphatic carbocycles. The van der Waals surface area contributed by atoms with E-state index in [9.17, 15) is 0 Å². The number of amidine groups is 1. The number of rotatable bonds is 5. The molecule has 5 nitrogen and oxygen atoms in total. The van der Waals surface area contributed by atoms with Crippen molar-refractivity contribution in [1.82, 2.24) is 4.98 Å². The van der Waals surface area contributed by atoms with E-state index < -0.39 is 0 Å². The van der Waals surface area contributed by atoms with Gasteiger partial charge in [-0.15, -0.1) is 0 Å². The topological polar surface area (TPSA) is 81.2 Å². The normalized spacial score (nSPS) is 10.1. The van der Waals surface area contributed by atoms with Gasteiger partial charge in [-0.25, -0.2) is 0 Å². The highest BCUT2D eigenvalue weighted by molar-refractivity contribution is 9.10. The molecule has 0 bridgehead atoms. The molecule has 0 amide bonds. The fraction of sp³-hybridized carbons (Fsp3) is 0.143. The van der Waals surface area contributed by atoms with E-state index in [2.05, 4.69) is 20.9 Å². The molecule has 1 aromatic carbocycles. The molecular weight excluding hydrogens is 322 g/mol. The van der Waals surface area contributed by atoms with Gasteiger partial charge in [0.2, 0.25) is 0 Å². The lowest BCUT2D eigenvalue weighted by Gasteiger charge is -2.10. The summed E-state index contributed by atoms with van der Waals surface area (Å²) < 4.78 is 11.7. The number of methoxy groups -OCH3 is 1. The van der Waals surface area contributed by atoms with Crippen LogP contribution in [0.15, 0.2) is 41.1 Å². The lowest BCUT2D eigenvalue weighted by molar-refractivity contribution is 0.304. The molecule has 0 radical (unpaired) electrons. The summed E-state index contributed by atoms with van der Waals surface area (Å²) in [5, 5.41) is 7.54. The highest BCUT2D eigenvalue weighted by atomic mass is 79.9. The van der Waals surface area contributed by atoms with E-state index in [1.165, 1.54) is 0 Å². The largest absolute Gasteiger partial charge is 0.496 e. The number of halogens is 1. The van der Waals surface area contributed by atoms with Crippen molar-refractivity contribution >= 4 is 21.8 Å². The third kappa shape index (κ3) is 3.48. The molecule has 20 heavy (non-hydrogen) atoms. The van der Waals surface area contributed by atoms with Gasteiger partial charge in [0.15, 0.2) is 0 Å². The SMILES string of the molecule is COc1ccc(COc2cncc(Br)c2)cc1C(=N)N. The van der Waals surface area contributed by atoms with Gasteiger partial charge in [0, 0.05) is 10.7 Å². The Morgan fingerprint density at radius 3 is 2.80 bits per heavy atom. The Balaban J connectivity index is 2.14. The molecule has 0 aliphatic rings. The van der Waals surface area contributed by atoms with Crippen molar-refractivity contribution in [3.8, 4) is 11.5 Å². The van der Waals surface area contributed by atoms with Crippen molar-refractivity contribution < 1.29 is 9.47 Å². The first-order valence-corrected chi connectivity index (χ1v) is 6.64. The van der Waals surface area contributed by atoms with Crippen LogP contribution in [0.1, 0.15) is 11.1 Å². The standard InChI is InChI=1S/C14H14BrN3O2/c1-19-13-3-2-9(4-12(13)14(16)17)8-20-11-5-10(15)6-18-7-11/h2-7H,8H2,1H3,(H3,16,17). The van der Waals surface area contributed by atoms with Crippen LogP contribution in [-0.4, -0.2) is 17.9 Å². The third-order valence-corrected chi connectivity index (χ3v) is 3.07. The molecule has 0 saturated carbocycles. The Hall–Kier alpha value is -2.08. The molecule has 6 heteroatoms. The molecule has 3 N–H and O–H groups in total. The van der Waals surface area contributed by atoms with E-state index in [1.54, 1.807) is 31.6 Å². The molecule has 1 heterocycles. The summed E-state index contributed by atoms with van der Waals surface area (Å²) in [6.07, 6.45) is 3.33. The quantitative estimate of drug-likeness (QED) is 0.650. The number of nitrogens with two attached hydrogens (primary N) is 1. The van der Waals surface area contributed by atoms with Crippen molar-refractivity contribution in [2.45, 2.75) is 6.61 Å². The predicted molar refractivity (Wildman–Crippen MR) is 80.3 cm³/mol. The number of nitrogens with zero attached hydrogens (tertiary/aromatic N) is 1. The molecule has 2 rings (SSSR count). The average Bonchev–Trinajstić information content (AvgIpc) is 2.45. The van der Waals surface area contributed by atoms with Crippen LogP contribution in [0.3, 0.4) is 0 Å². The summed E-state index contributed by atoms with van der Waals surface area (Å²) in [6, 6.07) is 7.26. The number of hydrogen-bond donors (Lipinski definition) is 2. The minimum absolute atomic E-state index is 0.0344. The van der Waals surface area contributed by atoms with Crippen molar-refractivity contribution in [1.29, 1.82) is 5.41 Å². The Bertz CT molecular complexity index is 632. The van der Waals surface area contributed by atoms with Crippen LogP contribution in [0, 0.1) is 5.41 Å². The average molecular weight is 336 g/mol. The van der Waals surface area contributed by atoms with Crippen molar-refractivity contribution in [2.75, 3.05) is 7.11 Å². The van der Waals surface area contributed by atoms with E-state index >= 15 is 0 Å². The molecule has 2 aromatic rings. The molecule has 0 saturated heterocycles. The van der Waals surface area contributed by atoms with Crippen LogP contribution >= 0.6 is 15.9 Å². The fourth-order valence-electron chi connectivity index (χ4n) is 1.69. The molecule has 0 fully saturated rings. The van der Waals surface area contributed by atoms with Gasteiger partial charge in [-0.05, 0) is 39.7 Å². The van der Waals surface area contributed by atoms with E-state index in [0.29, 0.717) is 23.7 Å². The lowest BCUT2D eigenvalue weighted by atomic mass is 10.1. The highest BCUT2D eigenvalue weighted by Crippen LogP contribution is 2.21. The van der Waals surface area contributed by atoms with Crippen molar-refractivity contribution in [3.05, 3.63) is 52.3 Å². The zero-order valence-electron chi connectivity index (χ0n) is 10.9. The van der Waals surface area contributed by atoms with Gasteiger partial charge in [0.05, 0.1) is 18.9 Å². The minimum atomic E-state index is -0.0344. The van der Waals surface area contributed by atoms with Crippen LogP contribution in [0.25, 0.3) is 0 Å². The smallest absolute Gasteiger partial charge is 0.139 e. The third-order valence-electron chi connectivity index (χ3n) is 2.64. The van der Waals surface area contributed by atoms with Crippen LogP contribution in [0.2, 0.25) is 0 Å². The summed E-state index contributed by atoms with van der Waals surface area (Å²) in [7, 11) is 1.55. The number of aromatic nitrogens is 1. The van der Waals surface area contributed by atoms with Gasteiger partial charge in [-0.1, -0.05) is 6.07 Å². The molecule has 0 spiro atoms. The maximum absolute atomic E-state index is 7.54. The fourth-order valence-corrected chi connectivity index (χ4v) is 2.04. The van der Waals surface area contributed by atoms with E-state index in [-0.39, 0.29) is 5.84 Å². The van der Waals surface area contributed by atoms with E-state index in [4.69, 9.17) is 20.6 Å². The van der Waals surface area contributed by atoms with Gasteiger partial charge in [0.25, 0.3) is 0 Å². The second kappa shape index (κ2) is 6.38. The number of benzene rings is 1. The molecule has 1 aromatic heterocycles. The Morgan fingerprint density at radius 2 is 2.15 bits per heavy atom. The van der Waals surface area contributed by atoms with Crippen LogP contribution in [0.4, 0.5) is 0 Å². The Kier molecular flexibility index (Phi) is 4.57. The molecule has 0 aliphatic heterocycles. The molecule has 104 valence electrons. The maximum Gasteiger partial charge on any atom is 0.139 e. The lowest BCUT2D eigenvalue weighted by Crippen LogP contribution is -2.13.